The molecule has 0 aliphatic carbocycles. The third-order valence-electron chi connectivity index (χ3n) is 4.65. The lowest BCUT2D eigenvalue weighted by Gasteiger charge is -2.18. The Morgan fingerprint density at radius 2 is 2.07 bits per heavy atom. The molecule has 0 spiro atoms. The molecule has 30 heavy (non-hydrogen) atoms. The van der Waals surface area contributed by atoms with Gasteiger partial charge in [0.15, 0.2) is 0 Å². The van der Waals surface area contributed by atoms with Gasteiger partial charge in [0.2, 0.25) is 0 Å². The summed E-state index contributed by atoms with van der Waals surface area (Å²) in [4.78, 5) is 27.1. The fourth-order valence-corrected chi connectivity index (χ4v) is 4.18. The van der Waals surface area contributed by atoms with Crippen molar-refractivity contribution in [3.05, 3.63) is 51.6 Å². The first kappa shape index (κ1) is 22.6. The number of furan rings is 1. The van der Waals surface area contributed by atoms with Crippen molar-refractivity contribution in [2.24, 2.45) is 0 Å². The number of amides is 2. The topological polar surface area (TPSA) is 74.6 Å². The fraction of sp³-hybridized carbons (Fsp3) is 0.286. The molecule has 0 saturated carbocycles. The number of carbonyl (C=O) groups excluding carboxylic acids is 2. The van der Waals surface area contributed by atoms with Crippen molar-refractivity contribution < 1.29 is 14.0 Å². The van der Waals surface area contributed by atoms with Crippen LogP contribution in [0.3, 0.4) is 0 Å². The molecule has 2 aromatic rings. The molecule has 2 N–H and O–H groups in total. The average molecular weight is 464 g/mol. The standard InChI is InChI=1S/C21H22ClN3O3S2/c1-3-25(4-2)10-9-23-19(26)15-11-13(5-7-16(15)22)17-8-6-14(28-17)12-18-20(27)24-21(29)30-18/h5-8,11-12H,3-4,9-10H2,1-2H3,(H,23,26)(H,24,27,29). The van der Waals surface area contributed by atoms with Crippen LogP contribution in [-0.2, 0) is 4.79 Å². The van der Waals surface area contributed by atoms with E-state index >= 15 is 0 Å². The first-order valence-corrected chi connectivity index (χ1v) is 11.2. The predicted molar refractivity (Wildman–Crippen MR) is 126 cm³/mol. The lowest BCUT2D eigenvalue weighted by atomic mass is 10.1. The lowest BCUT2D eigenvalue weighted by Crippen LogP contribution is -2.34. The Kier molecular flexibility index (Phi) is 7.71. The highest BCUT2D eigenvalue weighted by Gasteiger charge is 2.22. The van der Waals surface area contributed by atoms with Gasteiger partial charge in [-0.3, -0.25) is 9.59 Å². The third-order valence-corrected chi connectivity index (χ3v) is 6.14. The van der Waals surface area contributed by atoms with Crippen molar-refractivity contribution in [1.82, 2.24) is 15.5 Å². The van der Waals surface area contributed by atoms with Gasteiger partial charge in [-0.05, 0) is 43.4 Å². The van der Waals surface area contributed by atoms with Gasteiger partial charge in [0.1, 0.15) is 15.8 Å². The first-order chi connectivity index (χ1) is 14.4. The first-order valence-electron chi connectivity index (χ1n) is 9.56. The van der Waals surface area contributed by atoms with Gasteiger partial charge < -0.3 is 20.0 Å². The minimum Gasteiger partial charge on any atom is -0.457 e. The van der Waals surface area contributed by atoms with Crippen molar-refractivity contribution in [1.29, 1.82) is 0 Å². The van der Waals surface area contributed by atoms with E-state index in [0.29, 0.717) is 37.9 Å². The van der Waals surface area contributed by atoms with Gasteiger partial charge in [-0.15, -0.1) is 0 Å². The van der Waals surface area contributed by atoms with Crippen molar-refractivity contribution in [3.8, 4) is 11.3 Å². The van der Waals surface area contributed by atoms with Crippen LogP contribution in [0.4, 0.5) is 0 Å². The maximum atomic E-state index is 12.6. The molecule has 0 bridgehead atoms. The van der Waals surface area contributed by atoms with Gasteiger partial charge in [0.25, 0.3) is 11.8 Å². The largest absolute Gasteiger partial charge is 0.457 e. The molecule has 0 atom stereocenters. The van der Waals surface area contributed by atoms with E-state index in [2.05, 4.69) is 29.4 Å². The van der Waals surface area contributed by atoms with Gasteiger partial charge in [-0.25, -0.2) is 0 Å². The smallest absolute Gasteiger partial charge is 0.263 e. The highest BCUT2D eigenvalue weighted by molar-refractivity contribution is 8.26. The monoisotopic (exact) mass is 463 g/mol. The summed E-state index contributed by atoms with van der Waals surface area (Å²) < 4.78 is 6.26. The zero-order chi connectivity index (χ0) is 21.7. The second-order valence-electron chi connectivity index (χ2n) is 6.53. The average Bonchev–Trinajstić information content (AvgIpc) is 3.31. The van der Waals surface area contributed by atoms with E-state index in [1.165, 1.54) is 11.8 Å². The van der Waals surface area contributed by atoms with Gasteiger partial charge in [-0.2, -0.15) is 0 Å². The van der Waals surface area contributed by atoms with Crippen LogP contribution in [0, 0.1) is 0 Å². The molecule has 6 nitrogen and oxygen atoms in total. The van der Waals surface area contributed by atoms with E-state index in [4.69, 9.17) is 28.2 Å². The fourth-order valence-electron chi connectivity index (χ4n) is 2.95. The molecule has 1 fully saturated rings. The number of thioether (sulfide) groups is 1. The summed E-state index contributed by atoms with van der Waals surface area (Å²) in [6.45, 7) is 7.37. The maximum Gasteiger partial charge on any atom is 0.263 e. The predicted octanol–water partition coefficient (Wildman–Crippen LogP) is 4.16. The Balaban J connectivity index is 1.73. The lowest BCUT2D eigenvalue weighted by molar-refractivity contribution is -0.115. The van der Waals surface area contributed by atoms with Crippen molar-refractivity contribution in [2.45, 2.75) is 13.8 Å². The van der Waals surface area contributed by atoms with Crippen LogP contribution in [0.5, 0.6) is 0 Å². The number of nitrogens with one attached hydrogen (secondary N) is 2. The van der Waals surface area contributed by atoms with Gasteiger partial charge in [0, 0.05) is 24.7 Å². The summed E-state index contributed by atoms with van der Waals surface area (Å²) in [5.41, 5.74) is 1.11. The summed E-state index contributed by atoms with van der Waals surface area (Å²) in [5.74, 6) is 0.628. The van der Waals surface area contributed by atoms with Crippen molar-refractivity contribution in [3.63, 3.8) is 0 Å². The second-order valence-corrected chi connectivity index (χ2v) is 8.66. The number of hydrogen-bond donors (Lipinski definition) is 2. The van der Waals surface area contributed by atoms with Gasteiger partial charge in [-0.1, -0.05) is 49.4 Å². The molecule has 158 valence electrons. The molecule has 1 aliphatic rings. The third kappa shape index (κ3) is 5.51. The summed E-state index contributed by atoms with van der Waals surface area (Å²) in [6.07, 6.45) is 1.64. The number of nitrogens with zero attached hydrogens (tertiary/aromatic N) is 1. The van der Waals surface area contributed by atoms with E-state index in [9.17, 15) is 9.59 Å². The Hall–Kier alpha value is -2.13. The van der Waals surface area contributed by atoms with Crippen LogP contribution < -0.4 is 10.6 Å². The molecule has 0 radical (unpaired) electrons. The number of rotatable bonds is 8. The van der Waals surface area contributed by atoms with Crippen LogP contribution in [0.1, 0.15) is 30.0 Å². The molecule has 1 aromatic carbocycles. The van der Waals surface area contributed by atoms with Crippen molar-refractivity contribution in [2.75, 3.05) is 26.2 Å². The highest BCUT2D eigenvalue weighted by atomic mass is 35.5. The molecule has 1 aromatic heterocycles. The van der Waals surface area contributed by atoms with Crippen LogP contribution in [0.2, 0.25) is 5.02 Å². The number of benzene rings is 1. The maximum absolute atomic E-state index is 12.6. The summed E-state index contributed by atoms with van der Waals surface area (Å²) in [5, 5.41) is 5.86. The normalized spacial score (nSPS) is 15.1. The molecule has 1 aliphatic heterocycles. The number of likely N-dealkylation sites (N-methyl/N-ethyl adjacent to an activating group) is 1. The molecule has 9 heteroatoms. The summed E-state index contributed by atoms with van der Waals surface area (Å²) in [6, 6.07) is 8.72. The quantitative estimate of drug-likeness (QED) is 0.452. The molecular weight excluding hydrogens is 442 g/mol. The molecule has 2 heterocycles. The Bertz CT molecular complexity index is 999. The molecular formula is C21H22ClN3O3S2. The van der Waals surface area contributed by atoms with Crippen molar-refractivity contribution >= 4 is 57.8 Å². The van der Waals surface area contributed by atoms with Gasteiger partial charge >= 0.3 is 0 Å². The Morgan fingerprint density at radius 3 is 2.73 bits per heavy atom. The number of halogens is 1. The minimum absolute atomic E-state index is 0.226. The van der Waals surface area contributed by atoms with E-state index in [-0.39, 0.29) is 11.8 Å². The summed E-state index contributed by atoms with van der Waals surface area (Å²) >= 11 is 12.4. The number of carbonyl (C=O) groups is 2. The van der Waals surface area contributed by atoms with Crippen LogP contribution >= 0.6 is 35.6 Å². The molecule has 0 unspecified atom stereocenters. The molecule has 3 rings (SSSR count). The number of hydrogen-bond acceptors (Lipinski definition) is 6. The van der Waals surface area contributed by atoms with Crippen LogP contribution in [0.15, 0.2) is 39.7 Å². The van der Waals surface area contributed by atoms with E-state index in [1.54, 1.807) is 36.4 Å². The molecule has 1 saturated heterocycles. The Morgan fingerprint density at radius 1 is 1.30 bits per heavy atom. The van der Waals surface area contributed by atoms with E-state index < -0.39 is 0 Å². The Labute approximate surface area is 190 Å². The zero-order valence-electron chi connectivity index (χ0n) is 16.7. The molecule has 2 amide bonds. The minimum atomic E-state index is -0.238. The van der Waals surface area contributed by atoms with E-state index in [1.807, 2.05) is 0 Å². The highest BCUT2D eigenvalue weighted by Crippen LogP contribution is 2.30. The second kappa shape index (κ2) is 10.3. The van der Waals surface area contributed by atoms with Crippen LogP contribution in [-0.4, -0.2) is 47.2 Å². The zero-order valence-corrected chi connectivity index (χ0v) is 19.0. The number of thiocarbonyl (C=S) groups is 1. The summed E-state index contributed by atoms with van der Waals surface area (Å²) in [7, 11) is 0. The van der Waals surface area contributed by atoms with Gasteiger partial charge in [0.05, 0.1) is 15.5 Å². The SMILES string of the molecule is CCN(CC)CCNC(=O)c1cc(-c2ccc(C=C3SC(=S)NC3=O)o2)ccc1Cl. The van der Waals surface area contributed by atoms with E-state index in [0.717, 1.165) is 25.2 Å². The van der Waals surface area contributed by atoms with Crippen LogP contribution in [0.25, 0.3) is 17.4 Å².